The Bertz CT molecular complexity index is 500. The Hall–Kier alpha value is -1.38. The third-order valence-electron chi connectivity index (χ3n) is 5.74. The van der Waals surface area contributed by atoms with E-state index < -0.39 is 0 Å². The molecule has 19 heavy (non-hydrogen) atoms. The Kier molecular flexibility index (Phi) is 2.16. The van der Waals surface area contributed by atoms with Crippen LogP contribution in [-0.4, -0.2) is 15.3 Å². The van der Waals surface area contributed by atoms with Crippen molar-refractivity contribution in [3.8, 4) is 17.2 Å². The van der Waals surface area contributed by atoms with Crippen LogP contribution in [0.25, 0.3) is 0 Å². The van der Waals surface area contributed by atoms with Crippen LogP contribution in [0.4, 0.5) is 0 Å². The summed E-state index contributed by atoms with van der Waals surface area (Å²) < 4.78 is 0. The van der Waals surface area contributed by atoms with Crippen molar-refractivity contribution >= 4 is 0 Å². The fraction of sp³-hybridized carbons (Fsp3) is 0.625. The van der Waals surface area contributed by atoms with E-state index in [9.17, 15) is 15.3 Å². The molecule has 0 aromatic heterocycles. The van der Waals surface area contributed by atoms with Crippen LogP contribution in [0.2, 0.25) is 0 Å². The quantitative estimate of drug-likeness (QED) is 0.679. The molecule has 3 nitrogen and oxygen atoms in total. The van der Waals surface area contributed by atoms with Gasteiger partial charge in [0.1, 0.15) is 0 Å². The first kappa shape index (κ1) is 11.4. The van der Waals surface area contributed by atoms with Gasteiger partial charge in [-0.1, -0.05) is 6.07 Å². The lowest BCUT2D eigenvalue weighted by atomic mass is 9.48. The number of phenolic OH excluding ortho intramolecular Hbond substituents is 3. The number of hydrogen-bond acceptors (Lipinski definition) is 3. The summed E-state index contributed by atoms with van der Waals surface area (Å²) in [5.74, 6) is 1.70. The topological polar surface area (TPSA) is 60.7 Å². The van der Waals surface area contributed by atoms with Crippen LogP contribution in [0, 0.1) is 17.8 Å². The Balaban J connectivity index is 1.82. The van der Waals surface area contributed by atoms with E-state index in [1.165, 1.54) is 25.3 Å². The Morgan fingerprint density at radius 3 is 1.84 bits per heavy atom. The van der Waals surface area contributed by atoms with Gasteiger partial charge >= 0.3 is 0 Å². The molecule has 0 aliphatic heterocycles. The maximum atomic E-state index is 10.2. The number of hydrogen-bond donors (Lipinski definition) is 3. The van der Waals surface area contributed by atoms with E-state index in [0.29, 0.717) is 0 Å². The second kappa shape index (κ2) is 3.59. The molecule has 4 bridgehead atoms. The molecule has 102 valence electrons. The molecule has 0 saturated heterocycles. The molecule has 4 fully saturated rings. The molecule has 4 aliphatic carbocycles. The summed E-state index contributed by atoms with van der Waals surface area (Å²) >= 11 is 0. The van der Waals surface area contributed by atoms with Gasteiger partial charge in [0.05, 0.1) is 0 Å². The Morgan fingerprint density at radius 1 is 0.789 bits per heavy atom. The van der Waals surface area contributed by atoms with Crippen molar-refractivity contribution in [2.45, 2.75) is 43.9 Å². The highest BCUT2D eigenvalue weighted by atomic mass is 16.3. The highest BCUT2D eigenvalue weighted by molar-refractivity contribution is 5.56. The third-order valence-corrected chi connectivity index (χ3v) is 5.74. The first-order chi connectivity index (χ1) is 9.07. The molecule has 1 aromatic rings. The van der Waals surface area contributed by atoms with Gasteiger partial charge < -0.3 is 15.3 Å². The van der Waals surface area contributed by atoms with Gasteiger partial charge in [0.2, 0.25) is 5.75 Å². The van der Waals surface area contributed by atoms with Crippen LogP contribution in [0.5, 0.6) is 17.2 Å². The van der Waals surface area contributed by atoms with E-state index in [0.717, 1.165) is 42.6 Å². The number of benzene rings is 1. The van der Waals surface area contributed by atoms with Crippen molar-refractivity contribution in [2.24, 2.45) is 17.8 Å². The van der Waals surface area contributed by atoms with Crippen molar-refractivity contribution in [2.75, 3.05) is 0 Å². The van der Waals surface area contributed by atoms with E-state index >= 15 is 0 Å². The zero-order valence-electron chi connectivity index (χ0n) is 11.0. The SMILES string of the molecule is Oc1ccc(C23CC4CC(CC(C4)C2)C3)c(O)c1O. The molecule has 4 aliphatic rings. The molecular formula is C16H20O3. The molecule has 4 saturated carbocycles. The summed E-state index contributed by atoms with van der Waals surface area (Å²) in [5.41, 5.74) is 0.909. The highest BCUT2D eigenvalue weighted by Gasteiger charge is 2.52. The molecule has 0 heterocycles. The number of phenols is 3. The van der Waals surface area contributed by atoms with Crippen molar-refractivity contribution in [3.05, 3.63) is 17.7 Å². The summed E-state index contributed by atoms with van der Waals surface area (Å²) in [7, 11) is 0. The molecule has 3 heteroatoms. The van der Waals surface area contributed by atoms with Crippen LogP contribution in [-0.2, 0) is 5.41 Å². The first-order valence-electron chi connectivity index (χ1n) is 7.32. The fourth-order valence-electron chi connectivity index (χ4n) is 5.44. The van der Waals surface area contributed by atoms with Crippen LogP contribution < -0.4 is 0 Å². The summed E-state index contributed by atoms with van der Waals surface area (Å²) in [5, 5.41) is 29.5. The minimum absolute atomic E-state index is 0.0456. The van der Waals surface area contributed by atoms with Crippen LogP contribution in [0.1, 0.15) is 44.1 Å². The Morgan fingerprint density at radius 2 is 1.32 bits per heavy atom. The van der Waals surface area contributed by atoms with Gasteiger partial charge in [-0.05, 0) is 67.8 Å². The van der Waals surface area contributed by atoms with Crippen molar-refractivity contribution in [1.29, 1.82) is 0 Å². The summed E-state index contributed by atoms with van der Waals surface area (Å²) in [6.07, 6.45) is 7.46. The summed E-state index contributed by atoms with van der Waals surface area (Å²) in [6.45, 7) is 0. The van der Waals surface area contributed by atoms with Gasteiger partial charge in [0.25, 0.3) is 0 Å². The predicted octanol–water partition coefficient (Wildman–Crippen LogP) is 3.27. The maximum Gasteiger partial charge on any atom is 0.200 e. The van der Waals surface area contributed by atoms with Crippen molar-refractivity contribution in [3.63, 3.8) is 0 Å². The largest absolute Gasteiger partial charge is 0.504 e. The van der Waals surface area contributed by atoms with Gasteiger partial charge in [-0.15, -0.1) is 0 Å². The lowest BCUT2D eigenvalue weighted by Crippen LogP contribution is -2.48. The van der Waals surface area contributed by atoms with Crippen LogP contribution >= 0.6 is 0 Å². The minimum atomic E-state index is -0.353. The first-order valence-corrected chi connectivity index (χ1v) is 7.32. The molecule has 1 aromatic carbocycles. The van der Waals surface area contributed by atoms with Gasteiger partial charge in [0, 0.05) is 5.56 Å². The van der Waals surface area contributed by atoms with E-state index in [1.807, 2.05) is 6.07 Å². The summed E-state index contributed by atoms with van der Waals surface area (Å²) in [4.78, 5) is 0. The van der Waals surface area contributed by atoms with Gasteiger partial charge in [-0.3, -0.25) is 0 Å². The molecule has 0 atom stereocenters. The molecular weight excluding hydrogens is 240 g/mol. The number of rotatable bonds is 1. The molecule has 0 amide bonds. The van der Waals surface area contributed by atoms with E-state index in [4.69, 9.17) is 0 Å². The van der Waals surface area contributed by atoms with E-state index in [-0.39, 0.29) is 22.7 Å². The van der Waals surface area contributed by atoms with Gasteiger partial charge in [-0.25, -0.2) is 0 Å². The fourth-order valence-corrected chi connectivity index (χ4v) is 5.44. The predicted molar refractivity (Wildman–Crippen MR) is 71.3 cm³/mol. The maximum absolute atomic E-state index is 10.2. The smallest absolute Gasteiger partial charge is 0.200 e. The van der Waals surface area contributed by atoms with E-state index in [1.54, 1.807) is 0 Å². The molecule has 0 radical (unpaired) electrons. The zero-order valence-corrected chi connectivity index (χ0v) is 11.0. The second-order valence-corrected chi connectivity index (χ2v) is 7.03. The zero-order chi connectivity index (χ0) is 13.2. The normalized spacial score (nSPS) is 39.7. The minimum Gasteiger partial charge on any atom is -0.504 e. The van der Waals surface area contributed by atoms with Crippen molar-refractivity contribution in [1.82, 2.24) is 0 Å². The standard InChI is InChI=1S/C16H20O3/c17-13-2-1-12(14(18)15(13)19)16-6-9-3-10(7-16)5-11(4-9)8-16/h1-2,9-11,17-19H,3-8H2. The van der Waals surface area contributed by atoms with Crippen LogP contribution in [0.15, 0.2) is 12.1 Å². The Labute approximate surface area is 112 Å². The van der Waals surface area contributed by atoms with Gasteiger partial charge in [-0.2, -0.15) is 0 Å². The molecule has 3 N–H and O–H groups in total. The lowest BCUT2D eigenvalue weighted by molar-refractivity contribution is -0.00629. The van der Waals surface area contributed by atoms with Crippen LogP contribution in [0.3, 0.4) is 0 Å². The van der Waals surface area contributed by atoms with E-state index in [2.05, 4.69) is 0 Å². The lowest BCUT2D eigenvalue weighted by Gasteiger charge is -2.57. The second-order valence-electron chi connectivity index (χ2n) is 7.03. The van der Waals surface area contributed by atoms with Gasteiger partial charge in [0.15, 0.2) is 11.5 Å². The highest BCUT2D eigenvalue weighted by Crippen LogP contribution is 2.62. The average Bonchev–Trinajstić information content (AvgIpc) is 2.34. The average molecular weight is 260 g/mol. The monoisotopic (exact) mass is 260 g/mol. The molecule has 0 spiro atoms. The molecule has 0 unspecified atom stereocenters. The third kappa shape index (κ3) is 1.50. The molecule has 5 rings (SSSR count). The summed E-state index contributed by atoms with van der Waals surface area (Å²) in [6, 6.07) is 3.33. The van der Waals surface area contributed by atoms with Crippen molar-refractivity contribution < 1.29 is 15.3 Å². The number of aromatic hydroxyl groups is 3.